The summed E-state index contributed by atoms with van der Waals surface area (Å²) < 4.78 is 13.0. The fraction of sp³-hybridized carbons (Fsp3) is 0.0588. The number of carbonyl (C=O) groups is 1. The standard InChI is InChI=1S/C17H12ClFN2OS/c1-21(16-9-4-12(18)10-20-16)17(22)15-8-7-14(23-15)11-2-5-13(19)6-3-11/h2-10H,1H3. The number of anilines is 1. The Morgan fingerprint density at radius 2 is 1.87 bits per heavy atom. The summed E-state index contributed by atoms with van der Waals surface area (Å²) in [5, 5.41) is 0.518. The van der Waals surface area contributed by atoms with Crippen molar-refractivity contribution in [1.82, 2.24) is 4.98 Å². The zero-order valence-corrected chi connectivity index (χ0v) is 13.7. The Labute approximate surface area is 142 Å². The van der Waals surface area contributed by atoms with Gasteiger partial charge in [0.1, 0.15) is 11.6 Å². The third-order valence-corrected chi connectivity index (χ3v) is 4.65. The third-order valence-electron chi connectivity index (χ3n) is 3.31. The van der Waals surface area contributed by atoms with Crippen LogP contribution in [-0.2, 0) is 0 Å². The van der Waals surface area contributed by atoms with Gasteiger partial charge in [0.05, 0.1) is 9.90 Å². The number of rotatable bonds is 3. The zero-order chi connectivity index (χ0) is 16.4. The monoisotopic (exact) mass is 346 g/mol. The highest BCUT2D eigenvalue weighted by atomic mass is 35.5. The second-order valence-corrected chi connectivity index (χ2v) is 6.39. The van der Waals surface area contributed by atoms with Crippen LogP contribution >= 0.6 is 22.9 Å². The topological polar surface area (TPSA) is 33.2 Å². The predicted molar refractivity (Wildman–Crippen MR) is 91.7 cm³/mol. The van der Waals surface area contributed by atoms with Crippen LogP contribution < -0.4 is 4.90 Å². The van der Waals surface area contributed by atoms with Gasteiger partial charge in [-0.3, -0.25) is 9.69 Å². The van der Waals surface area contributed by atoms with Crippen LogP contribution in [-0.4, -0.2) is 17.9 Å². The summed E-state index contributed by atoms with van der Waals surface area (Å²) in [6.07, 6.45) is 1.50. The minimum Gasteiger partial charge on any atom is -0.295 e. The van der Waals surface area contributed by atoms with Crippen molar-refractivity contribution >= 4 is 34.7 Å². The number of benzene rings is 1. The number of aromatic nitrogens is 1. The molecule has 0 aliphatic rings. The van der Waals surface area contributed by atoms with E-state index < -0.39 is 0 Å². The highest BCUT2D eigenvalue weighted by Gasteiger charge is 2.17. The molecule has 0 saturated heterocycles. The Balaban J connectivity index is 1.83. The molecule has 0 radical (unpaired) electrons. The average Bonchev–Trinajstić information content (AvgIpc) is 3.05. The van der Waals surface area contributed by atoms with Crippen LogP contribution in [0.1, 0.15) is 9.67 Å². The number of hydrogen-bond acceptors (Lipinski definition) is 3. The molecule has 0 bridgehead atoms. The molecule has 6 heteroatoms. The Kier molecular flexibility index (Phi) is 4.41. The predicted octanol–water partition coefficient (Wildman–Crippen LogP) is 4.88. The van der Waals surface area contributed by atoms with Gasteiger partial charge in [0.2, 0.25) is 0 Å². The second-order valence-electron chi connectivity index (χ2n) is 4.87. The molecule has 0 saturated carbocycles. The quantitative estimate of drug-likeness (QED) is 0.677. The Morgan fingerprint density at radius 3 is 2.52 bits per heavy atom. The van der Waals surface area contributed by atoms with E-state index in [1.165, 1.54) is 34.6 Å². The van der Waals surface area contributed by atoms with Gasteiger partial charge in [-0.2, -0.15) is 0 Å². The summed E-state index contributed by atoms with van der Waals surface area (Å²) in [7, 11) is 1.66. The third kappa shape index (κ3) is 3.41. The van der Waals surface area contributed by atoms with Crippen LogP contribution in [0.2, 0.25) is 5.02 Å². The minimum absolute atomic E-state index is 0.154. The van der Waals surface area contributed by atoms with E-state index in [0.717, 1.165) is 10.4 Å². The first-order valence-corrected chi connectivity index (χ1v) is 7.99. The fourth-order valence-corrected chi connectivity index (χ4v) is 3.16. The molecule has 3 nitrogen and oxygen atoms in total. The van der Waals surface area contributed by atoms with E-state index in [2.05, 4.69) is 4.98 Å². The van der Waals surface area contributed by atoms with Crippen LogP contribution in [0.4, 0.5) is 10.2 Å². The molecule has 1 aromatic carbocycles. The van der Waals surface area contributed by atoms with E-state index >= 15 is 0 Å². The summed E-state index contributed by atoms with van der Waals surface area (Å²) in [5.74, 6) is 0.0875. The van der Waals surface area contributed by atoms with Crippen molar-refractivity contribution in [3.63, 3.8) is 0 Å². The molecule has 0 aliphatic carbocycles. The summed E-state index contributed by atoms with van der Waals surface area (Å²) in [6.45, 7) is 0. The first kappa shape index (κ1) is 15.6. The van der Waals surface area contributed by atoms with Gasteiger partial charge in [0.15, 0.2) is 0 Å². The molecule has 2 heterocycles. The Morgan fingerprint density at radius 1 is 1.13 bits per heavy atom. The lowest BCUT2D eigenvalue weighted by Gasteiger charge is -2.14. The van der Waals surface area contributed by atoms with Crippen molar-refractivity contribution in [3.8, 4) is 10.4 Å². The number of halogens is 2. The lowest BCUT2D eigenvalue weighted by molar-refractivity contribution is 0.0996. The molecule has 23 heavy (non-hydrogen) atoms. The molecule has 116 valence electrons. The number of thiophene rings is 1. The molecular formula is C17H12ClFN2OS. The fourth-order valence-electron chi connectivity index (χ4n) is 2.06. The molecule has 0 N–H and O–H groups in total. The van der Waals surface area contributed by atoms with Gasteiger partial charge >= 0.3 is 0 Å². The first-order chi connectivity index (χ1) is 11.0. The number of carbonyl (C=O) groups excluding carboxylic acids is 1. The number of nitrogens with zero attached hydrogens (tertiary/aromatic N) is 2. The normalized spacial score (nSPS) is 10.6. The molecule has 0 aliphatic heterocycles. The van der Waals surface area contributed by atoms with Crippen molar-refractivity contribution in [2.75, 3.05) is 11.9 Å². The molecule has 0 spiro atoms. The van der Waals surface area contributed by atoms with E-state index in [0.29, 0.717) is 15.7 Å². The average molecular weight is 347 g/mol. The maximum atomic E-state index is 13.0. The molecule has 3 aromatic rings. The Hall–Kier alpha value is -2.24. The van der Waals surface area contributed by atoms with E-state index in [-0.39, 0.29) is 11.7 Å². The van der Waals surface area contributed by atoms with E-state index in [4.69, 9.17) is 11.6 Å². The van der Waals surface area contributed by atoms with Gasteiger partial charge in [-0.05, 0) is 42.0 Å². The maximum absolute atomic E-state index is 13.0. The largest absolute Gasteiger partial charge is 0.295 e. The van der Waals surface area contributed by atoms with Gasteiger partial charge in [-0.25, -0.2) is 9.37 Å². The van der Waals surface area contributed by atoms with Crippen LogP contribution in [0.25, 0.3) is 10.4 Å². The van der Waals surface area contributed by atoms with Crippen LogP contribution in [0.15, 0.2) is 54.7 Å². The molecule has 2 aromatic heterocycles. The van der Waals surface area contributed by atoms with Gasteiger partial charge in [-0.1, -0.05) is 23.7 Å². The lowest BCUT2D eigenvalue weighted by atomic mass is 10.2. The van der Waals surface area contributed by atoms with Gasteiger partial charge in [0, 0.05) is 18.1 Å². The van der Waals surface area contributed by atoms with E-state index in [9.17, 15) is 9.18 Å². The molecule has 1 amide bonds. The second kappa shape index (κ2) is 6.48. The Bertz CT molecular complexity index is 831. The molecule has 0 atom stereocenters. The highest BCUT2D eigenvalue weighted by Crippen LogP contribution is 2.29. The van der Waals surface area contributed by atoms with E-state index in [1.54, 1.807) is 37.4 Å². The van der Waals surface area contributed by atoms with Crippen molar-refractivity contribution in [1.29, 1.82) is 0 Å². The SMILES string of the molecule is CN(C(=O)c1ccc(-c2ccc(F)cc2)s1)c1ccc(Cl)cn1. The van der Waals surface area contributed by atoms with Crippen molar-refractivity contribution < 1.29 is 9.18 Å². The summed E-state index contributed by atoms with van der Waals surface area (Å²) >= 11 is 7.16. The maximum Gasteiger partial charge on any atom is 0.269 e. The first-order valence-electron chi connectivity index (χ1n) is 6.80. The highest BCUT2D eigenvalue weighted by molar-refractivity contribution is 7.17. The van der Waals surface area contributed by atoms with Crippen molar-refractivity contribution in [3.05, 3.63) is 70.4 Å². The van der Waals surface area contributed by atoms with Crippen molar-refractivity contribution in [2.45, 2.75) is 0 Å². The summed E-state index contributed by atoms with van der Waals surface area (Å²) in [4.78, 5) is 19.6. The smallest absolute Gasteiger partial charge is 0.269 e. The zero-order valence-electron chi connectivity index (χ0n) is 12.2. The van der Waals surface area contributed by atoms with Crippen molar-refractivity contribution in [2.24, 2.45) is 0 Å². The molecular weight excluding hydrogens is 335 g/mol. The van der Waals surface area contributed by atoms with Gasteiger partial charge in [-0.15, -0.1) is 11.3 Å². The number of amides is 1. The van der Waals surface area contributed by atoms with Crippen LogP contribution in [0.3, 0.4) is 0 Å². The van der Waals surface area contributed by atoms with Gasteiger partial charge in [0.25, 0.3) is 5.91 Å². The lowest BCUT2D eigenvalue weighted by Crippen LogP contribution is -2.26. The summed E-state index contributed by atoms with van der Waals surface area (Å²) in [5.41, 5.74) is 0.878. The molecule has 0 unspecified atom stereocenters. The number of pyridine rings is 1. The van der Waals surface area contributed by atoms with Crippen LogP contribution in [0, 0.1) is 5.82 Å². The van der Waals surface area contributed by atoms with E-state index in [1.807, 2.05) is 6.07 Å². The minimum atomic E-state index is -0.282. The molecule has 3 rings (SSSR count). The van der Waals surface area contributed by atoms with Crippen LogP contribution in [0.5, 0.6) is 0 Å². The summed E-state index contributed by atoms with van der Waals surface area (Å²) in [6, 6.07) is 13.2. The molecule has 0 fully saturated rings. The van der Waals surface area contributed by atoms with Gasteiger partial charge < -0.3 is 0 Å². The number of hydrogen-bond donors (Lipinski definition) is 0.